The van der Waals surface area contributed by atoms with Crippen molar-refractivity contribution in [2.24, 2.45) is 0 Å². The maximum absolute atomic E-state index is 11.9. The fourth-order valence-corrected chi connectivity index (χ4v) is 1.99. The number of carbonyl (C=O) groups is 2. The Hall–Kier alpha value is -2.18. The number of hydrogen-bond donors (Lipinski definition) is 1. The number of rotatable bonds is 4. The number of anilines is 1. The zero-order chi connectivity index (χ0) is 13.8. The Balaban J connectivity index is 2.00. The second kappa shape index (κ2) is 5.64. The summed E-state index contributed by atoms with van der Waals surface area (Å²) in [6.07, 6.45) is 0.743. The van der Waals surface area contributed by atoms with Gasteiger partial charge in [0, 0.05) is 13.1 Å². The van der Waals surface area contributed by atoms with E-state index in [1.54, 1.807) is 11.0 Å². The molecule has 0 spiro atoms. The van der Waals surface area contributed by atoms with Crippen molar-refractivity contribution < 1.29 is 14.3 Å². The molecule has 1 aromatic rings. The number of methoxy groups -OCH3 is 1. The normalized spacial score (nSPS) is 18.5. The molecule has 2 rings (SSSR count). The zero-order valence-electron chi connectivity index (χ0n) is 10.9. The molecule has 1 amide bonds. The highest BCUT2D eigenvalue weighted by Crippen LogP contribution is 2.15. The molecule has 0 saturated carbocycles. The Morgan fingerprint density at radius 1 is 1.53 bits per heavy atom. The number of nitrogens with zero attached hydrogens (tertiary/aromatic N) is 3. The SMILES string of the molecule is CCN1CC[C@H](Nc2ccc(C(=O)OC)nn2)C1=O. The number of likely N-dealkylation sites (tertiary alicyclic amines) is 1. The van der Waals surface area contributed by atoms with E-state index in [-0.39, 0.29) is 17.6 Å². The molecule has 1 aliphatic heterocycles. The van der Waals surface area contributed by atoms with Gasteiger partial charge < -0.3 is 15.0 Å². The minimum atomic E-state index is -0.534. The standard InChI is InChI=1S/C12H16N4O3/c1-3-16-7-6-8(11(16)17)13-10-5-4-9(14-15-10)12(18)19-2/h4-5,8H,3,6-7H2,1-2H3,(H,13,15)/t8-/m0/s1. The first kappa shape index (κ1) is 13.3. The lowest BCUT2D eigenvalue weighted by Gasteiger charge is -2.14. The summed E-state index contributed by atoms with van der Waals surface area (Å²) in [4.78, 5) is 24.9. The highest BCUT2D eigenvalue weighted by Gasteiger charge is 2.30. The van der Waals surface area contributed by atoms with E-state index in [1.807, 2.05) is 6.92 Å². The van der Waals surface area contributed by atoms with Crippen molar-refractivity contribution in [1.82, 2.24) is 15.1 Å². The molecule has 1 N–H and O–H groups in total. The van der Waals surface area contributed by atoms with E-state index in [1.165, 1.54) is 13.2 Å². The first-order valence-corrected chi connectivity index (χ1v) is 6.13. The number of amides is 1. The van der Waals surface area contributed by atoms with Crippen molar-refractivity contribution in [1.29, 1.82) is 0 Å². The highest BCUT2D eigenvalue weighted by molar-refractivity contribution is 5.88. The Morgan fingerprint density at radius 3 is 2.84 bits per heavy atom. The topological polar surface area (TPSA) is 84.4 Å². The lowest BCUT2D eigenvalue weighted by atomic mass is 10.2. The molecule has 0 bridgehead atoms. The van der Waals surface area contributed by atoms with Gasteiger partial charge in [-0.3, -0.25) is 4.79 Å². The highest BCUT2D eigenvalue weighted by atomic mass is 16.5. The third-order valence-corrected chi connectivity index (χ3v) is 3.06. The van der Waals surface area contributed by atoms with Crippen molar-refractivity contribution in [3.05, 3.63) is 17.8 Å². The van der Waals surface area contributed by atoms with Crippen LogP contribution in [0.15, 0.2) is 12.1 Å². The molecule has 1 aromatic heterocycles. The van der Waals surface area contributed by atoms with Crippen LogP contribution in [0, 0.1) is 0 Å². The fraction of sp³-hybridized carbons (Fsp3) is 0.500. The quantitative estimate of drug-likeness (QED) is 0.787. The van der Waals surface area contributed by atoms with E-state index in [2.05, 4.69) is 20.3 Å². The van der Waals surface area contributed by atoms with Gasteiger partial charge in [0.05, 0.1) is 7.11 Å². The second-order valence-corrected chi connectivity index (χ2v) is 4.20. The minimum Gasteiger partial charge on any atom is -0.464 e. The van der Waals surface area contributed by atoms with E-state index in [0.29, 0.717) is 12.4 Å². The van der Waals surface area contributed by atoms with Crippen molar-refractivity contribution >= 4 is 17.7 Å². The van der Waals surface area contributed by atoms with Gasteiger partial charge in [0.2, 0.25) is 5.91 Å². The second-order valence-electron chi connectivity index (χ2n) is 4.20. The van der Waals surface area contributed by atoms with Crippen LogP contribution in [0.4, 0.5) is 5.82 Å². The third kappa shape index (κ3) is 2.81. The lowest BCUT2D eigenvalue weighted by Crippen LogP contribution is -2.33. The van der Waals surface area contributed by atoms with Gasteiger partial charge in [-0.15, -0.1) is 10.2 Å². The van der Waals surface area contributed by atoms with Crippen LogP contribution in [0.25, 0.3) is 0 Å². The molecule has 0 aliphatic carbocycles. The van der Waals surface area contributed by atoms with Crippen LogP contribution in [0.5, 0.6) is 0 Å². The summed E-state index contributed by atoms with van der Waals surface area (Å²) in [7, 11) is 1.28. The van der Waals surface area contributed by atoms with Crippen molar-refractivity contribution in [2.75, 3.05) is 25.5 Å². The van der Waals surface area contributed by atoms with Gasteiger partial charge in [-0.1, -0.05) is 0 Å². The van der Waals surface area contributed by atoms with Crippen LogP contribution in [-0.4, -0.2) is 53.2 Å². The van der Waals surface area contributed by atoms with Crippen LogP contribution < -0.4 is 5.32 Å². The van der Waals surface area contributed by atoms with Crippen molar-refractivity contribution in [2.45, 2.75) is 19.4 Å². The number of aromatic nitrogens is 2. The lowest BCUT2D eigenvalue weighted by molar-refractivity contribution is -0.128. The first-order valence-electron chi connectivity index (χ1n) is 6.13. The summed E-state index contributed by atoms with van der Waals surface area (Å²) in [5.74, 6) is 0.0125. The Morgan fingerprint density at radius 2 is 2.32 bits per heavy atom. The molecule has 19 heavy (non-hydrogen) atoms. The van der Waals surface area contributed by atoms with Gasteiger partial charge in [-0.2, -0.15) is 0 Å². The summed E-state index contributed by atoms with van der Waals surface area (Å²) in [5, 5.41) is 10.6. The number of ether oxygens (including phenoxy) is 1. The number of likely N-dealkylation sites (N-methyl/N-ethyl adjacent to an activating group) is 1. The molecular weight excluding hydrogens is 248 g/mol. The molecule has 7 nitrogen and oxygen atoms in total. The van der Waals surface area contributed by atoms with E-state index in [0.717, 1.165) is 13.0 Å². The number of carbonyl (C=O) groups excluding carboxylic acids is 2. The Labute approximate surface area is 110 Å². The molecule has 102 valence electrons. The van der Waals surface area contributed by atoms with E-state index >= 15 is 0 Å². The Kier molecular flexibility index (Phi) is 3.94. The number of nitrogens with one attached hydrogen (secondary N) is 1. The summed E-state index contributed by atoms with van der Waals surface area (Å²) < 4.78 is 4.53. The van der Waals surface area contributed by atoms with Crippen LogP contribution in [0.1, 0.15) is 23.8 Å². The van der Waals surface area contributed by atoms with E-state index < -0.39 is 5.97 Å². The van der Waals surface area contributed by atoms with E-state index in [4.69, 9.17) is 0 Å². The summed E-state index contributed by atoms with van der Waals surface area (Å²) in [6, 6.07) is 2.86. The number of esters is 1. The van der Waals surface area contributed by atoms with Crippen molar-refractivity contribution in [3.63, 3.8) is 0 Å². The third-order valence-electron chi connectivity index (χ3n) is 3.06. The molecule has 1 aliphatic rings. The zero-order valence-corrected chi connectivity index (χ0v) is 10.9. The summed E-state index contributed by atoms with van der Waals surface area (Å²) in [5.41, 5.74) is 0.140. The Bertz CT molecular complexity index is 474. The maximum atomic E-state index is 11.9. The molecule has 1 saturated heterocycles. The molecule has 7 heteroatoms. The predicted molar refractivity (Wildman–Crippen MR) is 67.7 cm³/mol. The monoisotopic (exact) mass is 264 g/mol. The molecule has 0 aromatic carbocycles. The van der Waals surface area contributed by atoms with Gasteiger partial charge in [-0.05, 0) is 25.5 Å². The molecule has 1 fully saturated rings. The van der Waals surface area contributed by atoms with Crippen LogP contribution in [0.3, 0.4) is 0 Å². The predicted octanol–water partition coefficient (Wildman–Crippen LogP) is 0.296. The average Bonchev–Trinajstić information content (AvgIpc) is 2.79. The first-order chi connectivity index (χ1) is 9.15. The number of hydrogen-bond acceptors (Lipinski definition) is 6. The van der Waals surface area contributed by atoms with Gasteiger partial charge in [0.15, 0.2) is 5.69 Å². The molecule has 0 unspecified atom stereocenters. The van der Waals surface area contributed by atoms with Gasteiger partial charge in [-0.25, -0.2) is 4.79 Å². The van der Waals surface area contributed by atoms with Crippen molar-refractivity contribution in [3.8, 4) is 0 Å². The van der Waals surface area contributed by atoms with Crippen LogP contribution in [-0.2, 0) is 9.53 Å². The van der Waals surface area contributed by atoms with E-state index in [9.17, 15) is 9.59 Å². The summed E-state index contributed by atoms with van der Waals surface area (Å²) in [6.45, 7) is 3.41. The smallest absolute Gasteiger partial charge is 0.358 e. The minimum absolute atomic E-state index is 0.0707. The van der Waals surface area contributed by atoms with Crippen LogP contribution >= 0.6 is 0 Å². The molecule has 0 radical (unpaired) electrons. The molecule has 2 heterocycles. The van der Waals surface area contributed by atoms with Crippen LogP contribution in [0.2, 0.25) is 0 Å². The average molecular weight is 264 g/mol. The largest absolute Gasteiger partial charge is 0.464 e. The van der Waals surface area contributed by atoms with Gasteiger partial charge in [0.25, 0.3) is 0 Å². The van der Waals surface area contributed by atoms with Gasteiger partial charge >= 0.3 is 5.97 Å². The molecule has 1 atom stereocenters. The molecular formula is C12H16N4O3. The summed E-state index contributed by atoms with van der Waals surface area (Å²) >= 11 is 0. The maximum Gasteiger partial charge on any atom is 0.358 e. The fourth-order valence-electron chi connectivity index (χ4n) is 1.99. The van der Waals surface area contributed by atoms with Gasteiger partial charge in [0.1, 0.15) is 11.9 Å².